The highest BCUT2D eigenvalue weighted by molar-refractivity contribution is 5.94. The number of esters is 1. The number of aromatic nitrogens is 1. The number of carbonyl (C=O) groups is 2. The molecule has 0 unspecified atom stereocenters. The third-order valence-corrected chi connectivity index (χ3v) is 3.22. The Morgan fingerprint density at radius 1 is 1.17 bits per heavy atom. The molecule has 0 aliphatic rings. The Hall–Kier alpha value is -2.90. The first-order chi connectivity index (χ1) is 11.3. The maximum atomic E-state index is 13.2. The van der Waals surface area contributed by atoms with Crippen LogP contribution in [-0.4, -0.2) is 35.9 Å². The third kappa shape index (κ3) is 3.70. The fraction of sp³-hybridized carbons (Fsp3) is 0.188. The van der Waals surface area contributed by atoms with Crippen molar-refractivity contribution in [1.82, 2.24) is 9.88 Å². The van der Waals surface area contributed by atoms with Gasteiger partial charge in [0.25, 0.3) is 5.91 Å². The van der Waals surface area contributed by atoms with Crippen LogP contribution in [0.1, 0.15) is 26.4 Å². The van der Waals surface area contributed by atoms with Gasteiger partial charge in [0.2, 0.25) is 0 Å². The molecule has 1 amide bonds. The van der Waals surface area contributed by atoms with Gasteiger partial charge in [0, 0.05) is 19.8 Å². The van der Waals surface area contributed by atoms with Crippen molar-refractivity contribution in [2.75, 3.05) is 14.2 Å². The average molecular weight is 338 g/mol. The molecule has 0 atom stereocenters. The fourth-order valence-electron chi connectivity index (χ4n) is 2.01. The van der Waals surface area contributed by atoms with Gasteiger partial charge in [0.1, 0.15) is 5.69 Å². The summed E-state index contributed by atoms with van der Waals surface area (Å²) in [6, 6.07) is 4.34. The summed E-state index contributed by atoms with van der Waals surface area (Å²) >= 11 is 0. The normalized spacial score (nSPS) is 10.4. The SMILES string of the molecule is COC(=O)c1ccc(C(=O)N(C)Cc2cc(F)c(F)c(F)c2)cn1. The van der Waals surface area contributed by atoms with Crippen molar-refractivity contribution >= 4 is 11.9 Å². The molecular formula is C16H13F3N2O3. The number of hydrogen-bond acceptors (Lipinski definition) is 4. The minimum Gasteiger partial charge on any atom is -0.464 e. The summed E-state index contributed by atoms with van der Waals surface area (Å²) < 4.78 is 43.8. The quantitative estimate of drug-likeness (QED) is 0.635. The van der Waals surface area contributed by atoms with E-state index in [1.165, 1.54) is 37.4 Å². The summed E-state index contributed by atoms with van der Waals surface area (Å²) in [4.78, 5) is 28.5. The van der Waals surface area contributed by atoms with Gasteiger partial charge in [0.15, 0.2) is 17.5 Å². The molecule has 0 aliphatic carbocycles. The van der Waals surface area contributed by atoms with E-state index in [0.717, 1.165) is 12.1 Å². The van der Waals surface area contributed by atoms with Crippen molar-refractivity contribution in [3.05, 3.63) is 64.7 Å². The van der Waals surface area contributed by atoms with Crippen molar-refractivity contribution in [2.24, 2.45) is 0 Å². The molecule has 0 saturated carbocycles. The summed E-state index contributed by atoms with van der Waals surface area (Å²) in [5.74, 6) is -5.33. The zero-order valence-corrected chi connectivity index (χ0v) is 12.8. The van der Waals surface area contributed by atoms with E-state index < -0.39 is 29.3 Å². The van der Waals surface area contributed by atoms with Gasteiger partial charge in [-0.05, 0) is 29.8 Å². The third-order valence-electron chi connectivity index (χ3n) is 3.22. The second-order valence-electron chi connectivity index (χ2n) is 4.96. The Morgan fingerprint density at radius 3 is 2.29 bits per heavy atom. The molecule has 24 heavy (non-hydrogen) atoms. The minimum absolute atomic E-state index is 0.0411. The second-order valence-corrected chi connectivity index (χ2v) is 4.96. The lowest BCUT2D eigenvalue weighted by Crippen LogP contribution is -2.26. The zero-order chi connectivity index (χ0) is 17.9. The van der Waals surface area contributed by atoms with Crippen molar-refractivity contribution in [3.63, 3.8) is 0 Å². The molecule has 5 nitrogen and oxygen atoms in total. The van der Waals surface area contributed by atoms with Crippen LogP contribution in [0, 0.1) is 17.5 Å². The summed E-state index contributed by atoms with van der Waals surface area (Å²) in [6.07, 6.45) is 1.19. The van der Waals surface area contributed by atoms with Gasteiger partial charge in [-0.15, -0.1) is 0 Å². The minimum atomic E-state index is -1.56. The van der Waals surface area contributed by atoms with Gasteiger partial charge >= 0.3 is 5.97 Å². The van der Waals surface area contributed by atoms with Gasteiger partial charge in [0.05, 0.1) is 12.7 Å². The number of nitrogens with zero attached hydrogens (tertiary/aromatic N) is 2. The molecule has 2 aromatic rings. The second kappa shape index (κ2) is 7.12. The zero-order valence-electron chi connectivity index (χ0n) is 12.8. The average Bonchev–Trinajstić information content (AvgIpc) is 2.58. The Labute approximate surface area is 135 Å². The van der Waals surface area contributed by atoms with Crippen LogP contribution in [0.5, 0.6) is 0 Å². The first-order valence-corrected chi connectivity index (χ1v) is 6.76. The van der Waals surface area contributed by atoms with E-state index >= 15 is 0 Å². The molecule has 0 fully saturated rings. The van der Waals surface area contributed by atoms with Crippen molar-refractivity contribution in [2.45, 2.75) is 6.54 Å². The molecule has 2 rings (SSSR count). The van der Waals surface area contributed by atoms with E-state index in [4.69, 9.17) is 0 Å². The van der Waals surface area contributed by atoms with E-state index in [1.807, 2.05) is 0 Å². The van der Waals surface area contributed by atoms with E-state index in [-0.39, 0.29) is 23.4 Å². The highest BCUT2D eigenvalue weighted by Crippen LogP contribution is 2.16. The molecule has 1 aromatic heterocycles. The van der Waals surface area contributed by atoms with Gasteiger partial charge in [-0.1, -0.05) is 0 Å². The molecule has 0 saturated heterocycles. The topological polar surface area (TPSA) is 59.5 Å². The van der Waals surface area contributed by atoms with E-state index in [1.54, 1.807) is 0 Å². The molecule has 0 spiro atoms. The Balaban J connectivity index is 2.13. The molecule has 0 aliphatic heterocycles. The van der Waals surface area contributed by atoms with Crippen molar-refractivity contribution in [1.29, 1.82) is 0 Å². The predicted octanol–water partition coefficient (Wildman–Crippen LogP) is 2.56. The lowest BCUT2D eigenvalue weighted by Gasteiger charge is -2.17. The molecule has 126 valence electrons. The Morgan fingerprint density at radius 2 is 1.79 bits per heavy atom. The molecule has 1 aromatic carbocycles. The Kier molecular flexibility index (Phi) is 5.18. The van der Waals surface area contributed by atoms with Crippen LogP contribution in [0.4, 0.5) is 13.2 Å². The van der Waals surface area contributed by atoms with Crippen LogP contribution >= 0.6 is 0 Å². The van der Waals surface area contributed by atoms with Gasteiger partial charge < -0.3 is 9.64 Å². The molecule has 0 N–H and O–H groups in total. The number of amides is 1. The first kappa shape index (κ1) is 17.5. The summed E-state index contributed by atoms with van der Waals surface area (Å²) in [5.41, 5.74) is 0.314. The number of ether oxygens (including phenoxy) is 1. The van der Waals surface area contributed by atoms with Gasteiger partial charge in [-0.25, -0.2) is 22.9 Å². The van der Waals surface area contributed by atoms with Crippen LogP contribution in [0.3, 0.4) is 0 Å². The summed E-state index contributed by atoms with van der Waals surface area (Å²) in [7, 11) is 2.62. The van der Waals surface area contributed by atoms with Crippen LogP contribution < -0.4 is 0 Å². The monoisotopic (exact) mass is 338 g/mol. The molecule has 8 heteroatoms. The molecule has 0 bridgehead atoms. The predicted molar refractivity (Wildman–Crippen MR) is 77.7 cm³/mol. The van der Waals surface area contributed by atoms with Crippen LogP contribution in [0.25, 0.3) is 0 Å². The largest absolute Gasteiger partial charge is 0.464 e. The summed E-state index contributed by atoms with van der Waals surface area (Å²) in [6.45, 7) is -0.133. The van der Waals surface area contributed by atoms with Crippen LogP contribution in [-0.2, 0) is 11.3 Å². The molecular weight excluding hydrogens is 325 g/mol. The van der Waals surface area contributed by atoms with E-state index in [0.29, 0.717) is 0 Å². The number of halogens is 3. The highest BCUT2D eigenvalue weighted by atomic mass is 19.2. The van der Waals surface area contributed by atoms with Crippen molar-refractivity contribution < 1.29 is 27.5 Å². The molecule has 1 heterocycles. The lowest BCUT2D eigenvalue weighted by atomic mass is 10.1. The number of benzene rings is 1. The highest BCUT2D eigenvalue weighted by Gasteiger charge is 2.16. The number of pyridine rings is 1. The summed E-state index contributed by atoms with van der Waals surface area (Å²) in [5, 5.41) is 0. The number of rotatable bonds is 4. The molecule has 0 radical (unpaired) electrons. The number of hydrogen-bond donors (Lipinski definition) is 0. The first-order valence-electron chi connectivity index (χ1n) is 6.76. The Bertz CT molecular complexity index is 756. The van der Waals surface area contributed by atoms with Crippen LogP contribution in [0.2, 0.25) is 0 Å². The maximum Gasteiger partial charge on any atom is 0.356 e. The van der Waals surface area contributed by atoms with Crippen LogP contribution in [0.15, 0.2) is 30.5 Å². The fourth-order valence-corrected chi connectivity index (χ4v) is 2.01. The standard InChI is InChI=1S/C16H13F3N2O3/c1-21(8-9-5-11(17)14(19)12(18)6-9)15(22)10-3-4-13(20-7-10)16(23)24-2/h3-7H,8H2,1-2H3. The van der Waals surface area contributed by atoms with E-state index in [9.17, 15) is 22.8 Å². The smallest absolute Gasteiger partial charge is 0.356 e. The van der Waals surface area contributed by atoms with Gasteiger partial charge in [-0.3, -0.25) is 4.79 Å². The maximum absolute atomic E-state index is 13.2. The number of carbonyl (C=O) groups excluding carboxylic acids is 2. The van der Waals surface area contributed by atoms with Crippen molar-refractivity contribution in [3.8, 4) is 0 Å². The lowest BCUT2D eigenvalue weighted by molar-refractivity contribution is 0.0593. The number of methoxy groups -OCH3 is 1. The van der Waals surface area contributed by atoms with E-state index in [2.05, 4.69) is 9.72 Å². The van der Waals surface area contributed by atoms with Gasteiger partial charge in [-0.2, -0.15) is 0 Å².